The number of aromatic hydroxyl groups is 1. The number of phenols is 1. The van der Waals surface area contributed by atoms with Gasteiger partial charge >= 0.3 is 5.69 Å². The molecule has 1 fully saturated rings. The Morgan fingerprint density at radius 1 is 1.33 bits per heavy atom. The summed E-state index contributed by atoms with van der Waals surface area (Å²) in [5.41, 5.74) is 7.30. The number of phenolic OH excluding ortho intramolecular Hbond substituents is 1. The van der Waals surface area contributed by atoms with Crippen molar-refractivity contribution in [3.8, 4) is 28.7 Å². The fraction of sp³-hybridized carbons (Fsp3) is 0.364. The average Bonchev–Trinajstić information content (AvgIpc) is 3.21. The Bertz CT molecular complexity index is 1180. The highest BCUT2D eigenvalue weighted by molar-refractivity contribution is 6.04. The van der Waals surface area contributed by atoms with Gasteiger partial charge in [0.2, 0.25) is 5.88 Å². The molecule has 0 saturated carbocycles. The number of pyridine rings is 1. The number of ether oxygens (including phenoxy) is 2. The third-order valence-corrected chi connectivity index (χ3v) is 5.50. The molecule has 0 radical (unpaired) electrons. The number of nitrogen functional groups attached to an aromatic ring is 1. The molecular formula is C22H27N7O4. The lowest BCUT2D eigenvalue weighted by Crippen LogP contribution is -2.38. The molecule has 5 N–H and O–H groups in total. The first-order chi connectivity index (χ1) is 16.0. The molecule has 11 heteroatoms. The molecule has 1 saturated heterocycles. The van der Waals surface area contributed by atoms with Gasteiger partial charge in [0.05, 0.1) is 30.7 Å². The maximum Gasteiger partial charge on any atom is 0.348 e. The minimum atomic E-state index is -0.490. The third-order valence-electron chi connectivity index (χ3n) is 5.50. The van der Waals surface area contributed by atoms with Gasteiger partial charge in [0, 0.05) is 48.7 Å². The van der Waals surface area contributed by atoms with E-state index in [0.717, 1.165) is 32.8 Å². The predicted molar refractivity (Wildman–Crippen MR) is 123 cm³/mol. The van der Waals surface area contributed by atoms with Crippen molar-refractivity contribution in [2.24, 2.45) is 0 Å². The lowest BCUT2D eigenvalue weighted by atomic mass is 10.0. The first kappa shape index (κ1) is 22.5. The van der Waals surface area contributed by atoms with Crippen LogP contribution in [0.5, 0.6) is 11.6 Å². The van der Waals surface area contributed by atoms with Crippen LogP contribution in [-0.2, 0) is 4.74 Å². The molecular weight excluding hydrogens is 426 g/mol. The quantitative estimate of drug-likeness (QED) is 0.295. The van der Waals surface area contributed by atoms with Crippen LogP contribution in [0.4, 0.5) is 5.69 Å². The summed E-state index contributed by atoms with van der Waals surface area (Å²) in [4.78, 5) is 19.1. The molecule has 11 nitrogen and oxygen atoms in total. The largest absolute Gasteiger partial charge is 0.507 e. The van der Waals surface area contributed by atoms with Gasteiger partial charge in [-0.1, -0.05) is 6.92 Å². The summed E-state index contributed by atoms with van der Waals surface area (Å²) in [7, 11) is 0. The summed E-state index contributed by atoms with van der Waals surface area (Å²) in [5.74, 6) is 0.487. The summed E-state index contributed by atoms with van der Waals surface area (Å²) >= 11 is 0. The molecule has 0 atom stereocenters. The molecule has 1 aromatic carbocycles. The van der Waals surface area contributed by atoms with Crippen LogP contribution >= 0.6 is 0 Å². The van der Waals surface area contributed by atoms with Gasteiger partial charge in [-0.15, -0.1) is 0 Å². The van der Waals surface area contributed by atoms with Crippen molar-refractivity contribution < 1.29 is 14.6 Å². The summed E-state index contributed by atoms with van der Waals surface area (Å²) < 4.78 is 12.4. The van der Waals surface area contributed by atoms with Gasteiger partial charge in [0.1, 0.15) is 12.4 Å². The van der Waals surface area contributed by atoms with Crippen LogP contribution in [0, 0.1) is 5.41 Å². The zero-order valence-electron chi connectivity index (χ0n) is 18.4. The molecule has 4 rings (SSSR count). The van der Waals surface area contributed by atoms with E-state index in [4.69, 9.17) is 20.6 Å². The van der Waals surface area contributed by atoms with Crippen molar-refractivity contribution in [2.75, 3.05) is 45.2 Å². The van der Waals surface area contributed by atoms with E-state index in [9.17, 15) is 9.90 Å². The molecule has 0 amide bonds. The monoisotopic (exact) mass is 453 g/mol. The van der Waals surface area contributed by atoms with Crippen LogP contribution in [0.1, 0.15) is 18.9 Å². The van der Waals surface area contributed by atoms with Crippen LogP contribution in [0.3, 0.4) is 0 Å². The molecule has 33 heavy (non-hydrogen) atoms. The number of nitrogens with two attached hydrogens (primary N) is 1. The second-order valence-corrected chi connectivity index (χ2v) is 7.63. The molecule has 3 aromatic rings. The van der Waals surface area contributed by atoms with Crippen LogP contribution in [0.2, 0.25) is 0 Å². The van der Waals surface area contributed by atoms with Crippen molar-refractivity contribution in [2.45, 2.75) is 13.3 Å². The second kappa shape index (κ2) is 9.84. The van der Waals surface area contributed by atoms with Crippen molar-refractivity contribution in [1.82, 2.24) is 24.6 Å². The van der Waals surface area contributed by atoms with E-state index in [1.165, 1.54) is 16.8 Å². The van der Waals surface area contributed by atoms with E-state index in [-0.39, 0.29) is 22.8 Å². The van der Waals surface area contributed by atoms with Gasteiger partial charge in [-0.25, -0.2) is 19.4 Å². The van der Waals surface area contributed by atoms with Gasteiger partial charge in [0.15, 0.2) is 5.82 Å². The van der Waals surface area contributed by atoms with Gasteiger partial charge < -0.3 is 25.7 Å². The molecule has 174 valence electrons. The molecule has 0 spiro atoms. The minimum absolute atomic E-state index is 0.142. The number of hydrogen-bond acceptors (Lipinski definition) is 9. The van der Waals surface area contributed by atoms with E-state index in [0.29, 0.717) is 35.9 Å². The van der Waals surface area contributed by atoms with Crippen LogP contribution in [0.25, 0.3) is 17.1 Å². The zero-order chi connectivity index (χ0) is 23.4. The number of aromatic amines is 1. The Morgan fingerprint density at radius 2 is 2.12 bits per heavy atom. The van der Waals surface area contributed by atoms with Crippen molar-refractivity contribution in [3.05, 3.63) is 46.5 Å². The lowest BCUT2D eigenvalue weighted by molar-refractivity contribution is 0.0320. The molecule has 1 aliphatic rings. The number of nitrogens with zero attached hydrogens (tertiary/aromatic N) is 4. The number of rotatable bonds is 8. The van der Waals surface area contributed by atoms with Gasteiger partial charge in [-0.3, -0.25) is 4.90 Å². The topological polar surface area (TPSA) is 155 Å². The Hall–Kier alpha value is -3.70. The highest BCUT2D eigenvalue weighted by Crippen LogP contribution is 2.33. The van der Waals surface area contributed by atoms with E-state index in [2.05, 4.69) is 20.1 Å². The molecule has 2 aromatic heterocycles. The first-order valence-corrected chi connectivity index (χ1v) is 10.7. The molecule has 0 bridgehead atoms. The number of nitrogens with one attached hydrogen (secondary N) is 2. The van der Waals surface area contributed by atoms with Gasteiger partial charge in [-0.05, 0) is 18.6 Å². The number of anilines is 1. The minimum Gasteiger partial charge on any atom is -0.507 e. The Balaban J connectivity index is 1.56. The smallest absolute Gasteiger partial charge is 0.348 e. The van der Waals surface area contributed by atoms with E-state index in [1.54, 1.807) is 18.2 Å². The fourth-order valence-corrected chi connectivity index (χ4v) is 3.65. The summed E-state index contributed by atoms with van der Waals surface area (Å²) in [5, 5.41) is 25.1. The number of aromatic nitrogens is 4. The first-order valence-electron chi connectivity index (χ1n) is 10.7. The molecule has 0 unspecified atom stereocenters. The number of benzene rings is 1. The maximum absolute atomic E-state index is 12.5. The predicted octanol–water partition coefficient (Wildman–Crippen LogP) is 1.40. The molecule has 3 heterocycles. The zero-order valence-corrected chi connectivity index (χ0v) is 18.4. The van der Waals surface area contributed by atoms with Crippen molar-refractivity contribution in [3.63, 3.8) is 0 Å². The van der Waals surface area contributed by atoms with Crippen molar-refractivity contribution in [1.29, 1.82) is 5.41 Å². The normalized spacial score (nSPS) is 14.3. The van der Waals surface area contributed by atoms with E-state index in [1.807, 2.05) is 6.92 Å². The van der Waals surface area contributed by atoms with E-state index >= 15 is 0 Å². The lowest BCUT2D eigenvalue weighted by Gasteiger charge is -2.26. The van der Waals surface area contributed by atoms with Gasteiger partial charge in [0.25, 0.3) is 0 Å². The Morgan fingerprint density at radius 3 is 2.82 bits per heavy atom. The summed E-state index contributed by atoms with van der Waals surface area (Å²) in [6.45, 7) is 6.37. The average molecular weight is 454 g/mol. The Labute approximate surface area is 190 Å². The second-order valence-electron chi connectivity index (χ2n) is 7.63. The fourth-order valence-electron chi connectivity index (χ4n) is 3.65. The van der Waals surface area contributed by atoms with Crippen LogP contribution in [-0.4, -0.2) is 74.9 Å². The maximum atomic E-state index is 12.5. The third kappa shape index (κ3) is 4.89. The highest BCUT2D eigenvalue weighted by Gasteiger charge is 2.19. The number of morpholine rings is 1. The van der Waals surface area contributed by atoms with Crippen LogP contribution in [0.15, 0.2) is 35.3 Å². The molecule has 0 aliphatic carbocycles. The SMILES string of the molecule is CCC(=N)c1cc(-c2n[nH]c(=O)n2-c2ccc(OCCN3CCOCC3)nc2)c(O)cc1N. The summed E-state index contributed by atoms with van der Waals surface area (Å²) in [6.07, 6.45) is 1.98. The number of H-pyrrole nitrogens is 1. The summed E-state index contributed by atoms with van der Waals surface area (Å²) in [6, 6.07) is 6.31. The highest BCUT2D eigenvalue weighted by atomic mass is 16.5. The van der Waals surface area contributed by atoms with Crippen LogP contribution < -0.4 is 16.2 Å². The van der Waals surface area contributed by atoms with Crippen molar-refractivity contribution >= 4 is 11.4 Å². The van der Waals surface area contributed by atoms with Gasteiger partial charge in [-0.2, -0.15) is 5.10 Å². The number of hydrogen-bond donors (Lipinski definition) is 4. The standard InChI is InChI=1S/C22H27N7O4/c1-2-17(23)15-11-16(19(30)12-18(15)24)21-26-27-22(31)29(21)14-3-4-20(25-13-14)33-10-7-28-5-8-32-9-6-28/h3-4,11-13,23,30H,2,5-10,24H2,1H3,(H,27,31). The van der Waals surface area contributed by atoms with E-state index < -0.39 is 5.69 Å². The Kier molecular flexibility index (Phi) is 6.71. The molecule has 1 aliphatic heterocycles.